The number of hydrogen-bond donors (Lipinski definition) is 1. The molecule has 2 rings (SSSR count). The van der Waals surface area contributed by atoms with Gasteiger partial charge in [-0.25, -0.2) is 0 Å². The highest BCUT2D eigenvalue weighted by molar-refractivity contribution is 5.76. The lowest BCUT2D eigenvalue weighted by molar-refractivity contribution is -0.914. The van der Waals surface area contributed by atoms with Crippen molar-refractivity contribution in [3.8, 4) is 0 Å². The normalized spacial score (nSPS) is 23.0. The van der Waals surface area contributed by atoms with Crippen molar-refractivity contribution in [2.45, 2.75) is 18.9 Å². The molecule has 0 radical (unpaired) electrons. The Hall–Kier alpha value is -1.35. The number of quaternary nitrogens is 1. The third-order valence-electron chi connectivity index (χ3n) is 3.69. The van der Waals surface area contributed by atoms with Crippen molar-refractivity contribution in [2.24, 2.45) is 0 Å². The van der Waals surface area contributed by atoms with Crippen LogP contribution in [0.25, 0.3) is 0 Å². The molecule has 17 heavy (non-hydrogen) atoms. The molecule has 1 amide bonds. The molecular weight excluding hydrogens is 212 g/mol. The van der Waals surface area contributed by atoms with Crippen molar-refractivity contribution >= 4 is 5.91 Å². The van der Waals surface area contributed by atoms with Crippen LogP contribution in [0.5, 0.6) is 0 Å². The number of hydrogen-bond acceptors (Lipinski definition) is 1. The Balaban J connectivity index is 2.24. The second-order valence-corrected chi connectivity index (χ2v) is 5.09. The molecular formula is C14H21N2O+. The molecule has 1 aliphatic heterocycles. The molecule has 0 aromatic heterocycles. The van der Waals surface area contributed by atoms with E-state index < -0.39 is 0 Å². The fraction of sp³-hybridized carbons (Fsp3) is 0.500. The largest absolute Gasteiger partial charge is 0.349 e. The first-order chi connectivity index (χ1) is 8.09. The van der Waals surface area contributed by atoms with Crippen molar-refractivity contribution in [3.63, 3.8) is 0 Å². The quantitative estimate of drug-likeness (QED) is 0.779. The van der Waals surface area contributed by atoms with E-state index in [0.717, 1.165) is 13.0 Å². The fourth-order valence-corrected chi connectivity index (χ4v) is 2.51. The van der Waals surface area contributed by atoms with Crippen molar-refractivity contribution in [1.29, 1.82) is 0 Å². The van der Waals surface area contributed by atoms with Crippen LogP contribution in [0.4, 0.5) is 0 Å². The van der Waals surface area contributed by atoms with Crippen LogP contribution < -0.4 is 4.90 Å². The molecule has 3 nitrogen and oxygen atoms in total. The van der Waals surface area contributed by atoms with Crippen molar-refractivity contribution in [3.05, 3.63) is 35.4 Å². The van der Waals surface area contributed by atoms with Gasteiger partial charge in [0.05, 0.1) is 20.0 Å². The molecule has 1 unspecified atom stereocenters. The second kappa shape index (κ2) is 4.88. The topological polar surface area (TPSA) is 24.8 Å². The summed E-state index contributed by atoms with van der Waals surface area (Å²) in [6, 6.07) is 8.84. The van der Waals surface area contributed by atoms with Gasteiger partial charge < -0.3 is 9.80 Å². The lowest BCUT2D eigenvalue weighted by Gasteiger charge is -2.31. The third-order valence-corrected chi connectivity index (χ3v) is 3.69. The number of nitrogens with zero attached hydrogens (tertiary/aromatic N) is 1. The Kier molecular flexibility index (Phi) is 3.48. The summed E-state index contributed by atoms with van der Waals surface area (Å²) in [7, 11) is 5.84. The maximum atomic E-state index is 11.9. The lowest BCUT2D eigenvalue weighted by Crippen LogP contribution is -3.10. The van der Waals surface area contributed by atoms with Gasteiger partial charge in [0.1, 0.15) is 6.04 Å². The summed E-state index contributed by atoms with van der Waals surface area (Å²) in [4.78, 5) is 15.0. The number of benzene rings is 1. The summed E-state index contributed by atoms with van der Waals surface area (Å²) in [6.07, 6.45) is 1.73. The SMILES string of the molecule is CN(C)C(=O)C[C@H]1c2ccccc2CC[NH+]1C. The van der Waals surface area contributed by atoms with Crippen LogP contribution in [0.1, 0.15) is 23.6 Å². The highest BCUT2D eigenvalue weighted by Gasteiger charge is 2.30. The van der Waals surface area contributed by atoms with E-state index in [1.165, 1.54) is 16.0 Å². The van der Waals surface area contributed by atoms with E-state index in [1.807, 2.05) is 14.1 Å². The van der Waals surface area contributed by atoms with Gasteiger partial charge in [0.15, 0.2) is 0 Å². The summed E-state index contributed by atoms with van der Waals surface area (Å²) >= 11 is 0. The zero-order valence-corrected chi connectivity index (χ0v) is 10.9. The zero-order valence-electron chi connectivity index (χ0n) is 10.9. The maximum Gasteiger partial charge on any atom is 0.228 e. The first-order valence-corrected chi connectivity index (χ1v) is 6.20. The van der Waals surface area contributed by atoms with Gasteiger partial charge in [0.2, 0.25) is 5.91 Å². The molecule has 0 saturated carbocycles. The molecule has 1 heterocycles. The molecule has 0 spiro atoms. The minimum absolute atomic E-state index is 0.214. The minimum Gasteiger partial charge on any atom is -0.349 e. The molecule has 3 heteroatoms. The number of amides is 1. The van der Waals surface area contributed by atoms with E-state index in [4.69, 9.17) is 0 Å². The van der Waals surface area contributed by atoms with Gasteiger partial charge in [-0.15, -0.1) is 0 Å². The van der Waals surface area contributed by atoms with E-state index >= 15 is 0 Å². The summed E-state index contributed by atoms with van der Waals surface area (Å²) in [5.41, 5.74) is 2.76. The number of carbonyl (C=O) groups excluding carboxylic acids is 1. The van der Waals surface area contributed by atoms with Crippen LogP contribution in [0.15, 0.2) is 24.3 Å². The first-order valence-electron chi connectivity index (χ1n) is 6.20. The average molecular weight is 233 g/mol. The van der Waals surface area contributed by atoms with Crippen LogP contribution in [0.3, 0.4) is 0 Å². The number of likely N-dealkylation sites (N-methyl/N-ethyl adjacent to an activating group) is 1. The summed E-state index contributed by atoms with van der Waals surface area (Å²) in [5.74, 6) is 0.214. The van der Waals surface area contributed by atoms with Gasteiger partial charge in [0, 0.05) is 26.1 Å². The standard InChI is InChI=1S/C14H20N2O/c1-15(2)14(17)10-13-12-7-5-4-6-11(12)8-9-16(13)3/h4-7,13H,8-10H2,1-3H3/p+1/t13-/m0/s1. The fourth-order valence-electron chi connectivity index (χ4n) is 2.51. The second-order valence-electron chi connectivity index (χ2n) is 5.09. The van der Waals surface area contributed by atoms with Crippen LogP contribution in [0.2, 0.25) is 0 Å². The highest BCUT2D eigenvalue weighted by atomic mass is 16.2. The summed E-state index contributed by atoms with van der Waals surface area (Å²) in [5, 5.41) is 0. The molecule has 0 aliphatic carbocycles. The Labute approximate surface area is 103 Å². The van der Waals surface area contributed by atoms with Gasteiger partial charge >= 0.3 is 0 Å². The van der Waals surface area contributed by atoms with Crippen molar-refractivity contribution < 1.29 is 9.69 Å². The molecule has 92 valence electrons. The van der Waals surface area contributed by atoms with E-state index in [-0.39, 0.29) is 5.91 Å². The minimum atomic E-state index is 0.214. The number of nitrogens with one attached hydrogen (secondary N) is 1. The molecule has 1 aliphatic rings. The predicted octanol–water partition coefficient (Wildman–Crippen LogP) is 0.277. The van der Waals surface area contributed by atoms with Gasteiger partial charge in [-0.1, -0.05) is 24.3 Å². The predicted molar refractivity (Wildman–Crippen MR) is 68.0 cm³/mol. The van der Waals surface area contributed by atoms with E-state index in [1.54, 1.807) is 4.90 Å². The number of rotatable bonds is 2. The zero-order chi connectivity index (χ0) is 12.4. The van der Waals surface area contributed by atoms with Crippen LogP contribution in [-0.4, -0.2) is 38.5 Å². The Morgan fingerprint density at radius 1 is 1.41 bits per heavy atom. The smallest absolute Gasteiger partial charge is 0.228 e. The Bertz CT molecular complexity index is 414. The Morgan fingerprint density at radius 3 is 2.82 bits per heavy atom. The van der Waals surface area contributed by atoms with Crippen molar-refractivity contribution in [1.82, 2.24) is 4.90 Å². The van der Waals surface area contributed by atoms with Crippen LogP contribution >= 0.6 is 0 Å². The molecule has 0 saturated heterocycles. The monoisotopic (exact) mass is 233 g/mol. The number of fused-ring (bicyclic) bond motifs is 1. The van der Waals surface area contributed by atoms with Gasteiger partial charge in [-0.3, -0.25) is 4.79 Å². The van der Waals surface area contributed by atoms with E-state index in [0.29, 0.717) is 12.5 Å². The van der Waals surface area contributed by atoms with Gasteiger partial charge in [-0.05, 0) is 5.56 Å². The van der Waals surface area contributed by atoms with Gasteiger partial charge in [0.25, 0.3) is 0 Å². The average Bonchev–Trinajstić information content (AvgIpc) is 2.32. The van der Waals surface area contributed by atoms with Gasteiger partial charge in [-0.2, -0.15) is 0 Å². The summed E-state index contributed by atoms with van der Waals surface area (Å²) in [6.45, 7) is 1.11. The molecule has 2 atom stereocenters. The maximum absolute atomic E-state index is 11.9. The first kappa shape index (κ1) is 12.1. The molecule has 0 fully saturated rings. The molecule has 1 aromatic carbocycles. The van der Waals surface area contributed by atoms with Crippen LogP contribution in [0, 0.1) is 0 Å². The molecule has 0 bridgehead atoms. The third kappa shape index (κ3) is 2.50. The van der Waals surface area contributed by atoms with E-state index in [2.05, 4.69) is 31.3 Å². The molecule has 1 N–H and O–H groups in total. The Morgan fingerprint density at radius 2 is 2.12 bits per heavy atom. The van der Waals surface area contributed by atoms with E-state index in [9.17, 15) is 4.79 Å². The number of carbonyl (C=O) groups is 1. The summed E-state index contributed by atoms with van der Waals surface area (Å²) < 4.78 is 0. The highest BCUT2D eigenvalue weighted by Crippen LogP contribution is 2.22. The lowest BCUT2D eigenvalue weighted by atomic mass is 9.91. The molecule has 1 aromatic rings. The van der Waals surface area contributed by atoms with Crippen molar-refractivity contribution in [2.75, 3.05) is 27.7 Å². The van der Waals surface area contributed by atoms with Crippen LogP contribution in [-0.2, 0) is 11.2 Å².